The number of pyridine rings is 3. The molecule has 1 amide bonds. The van der Waals surface area contributed by atoms with Gasteiger partial charge in [-0.2, -0.15) is 18.0 Å². The number of benzene rings is 1. The van der Waals surface area contributed by atoms with Crippen molar-refractivity contribution < 1.29 is 22.7 Å². The minimum Gasteiger partial charge on any atom is -0.495 e. The van der Waals surface area contributed by atoms with Gasteiger partial charge < -0.3 is 14.4 Å². The van der Waals surface area contributed by atoms with Crippen LogP contribution in [0.25, 0.3) is 0 Å². The maximum absolute atomic E-state index is 15.3. The summed E-state index contributed by atoms with van der Waals surface area (Å²) in [4.78, 5) is 32.1. The van der Waals surface area contributed by atoms with E-state index in [-0.39, 0.29) is 33.9 Å². The maximum atomic E-state index is 15.3. The summed E-state index contributed by atoms with van der Waals surface area (Å²) in [5.74, 6) is -0.316. The molecule has 2 aliphatic heterocycles. The van der Waals surface area contributed by atoms with Crippen LogP contribution in [0.3, 0.4) is 0 Å². The fraction of sp³-hybridized carbons (Fsp3) is 0.281. The third-order valence-electron chi connectivity index (χ3n) is 8.17. The molecule has 0 N–H and O–H groups in total. The Balaban J connectivity index is 1.59. The number of methoxy groups -OCH3 is 1. The molecule has 0 radical (unpaired) electrons. The van der Waals surface area contributed by atoms with Crippen LogP contribution in [0.2, 0.25) is 5.15 Å². The van der Waals surface area contributed by atoms with E-state index in [2.05, 4.69) is 25.9 Å². The Kier molecular flexibility index (Phi) is 8.52. The summed E-state index contributed by atoms with van der Waals surface area (Å²) in [5, 5.41) is 9.75. The summed E-state index contributed by atoms with van der Waals surface area (Å²) in [6, 6.07) is 16.5. The molecule has 236 valence electrons. The predicted octanol–water partition coefficient (Wildman–Crippen LogP) is 4.00. The van der Waals surface area contributed by atoms with Crippen LogP contribution in [-0.4, -0.2) is 74.1 Å². The minimum atomic E-state index is -4.56. The van der Waals surface area contributed by atoms with Crippen molar-refractivity contribution in [1.29, 1.82) is 5.26 Å². The number of carbonyl (C=O) groups excluding carboxylic acids is 1. The summed E-state index contributed by atoms with van der Waals surface area (Å²) in [7, 11) is -3.11. The molecule has 0 spiro atoms. The number of anilines is 2. The highest BCUT2D eigenvalue weighted by atomic mass is 35.5. The predicted molar refractivity (Wildman–Crippen MR) is 170 cm³/mol. The Hall–Kier alpha value is -4.77. The highest BCUT2D eigenvalue weighted by Gasteiger charge is 2.61. The Bertz CT molecular complexity index is 1920. The first-order valence-corrected chi connectivity index (χ1v) is 16.4. The lowest BCUT2D eigenvalue weighted by Gasteiger charge is -2.40. The summed E-state index contributed by atoms with van der Waals surface area (Å²) in [5.41, 5.74) is 0.223. The van der Waals surface area contributed by atoms with E-state index in [4.69, 9.17) is 21.1 Å². The molecule has 46 heavy (non-hydrogen) atoms. The highest BCUT2D eigenvalue weighted by Crippen LogP contribution is 2.52. The molecule has 12 nitrogen and oxygen atoms in total. The van der Waals surface area contributed by atoms with E-state index >= 15 is 4.79 Å². The number of amides is 1. The quantitative estimate of drug-likeness (QED) is 0.253. The summed E-state index contributed by atoms with van der Waals surface area (Å²) in [6.45, 7) is 3.96. The molecule has 3 aromatic heterocycles. The zero-order valence-corrected chi connectivity index (χ0v) is 26.7. The third-order valence-corrected chi connectivity index (χ3v) is 10.00. The van der Waals surface area contributed by atoms with E-state index in [9.17, 15) is 13.7 Å². The van der Waals surface area contributed by atoms with E-state index in [0.717, 1.165) is 9.99 Å². The molecule has 1 aromatic carbocycles. The molecule has 0 aliphatic carbocycles. The average molecular weight is 660 g/mol. The standard InChI is InChI=1S/C32H30ClN7O5S/c1-3-45-30-25(7-9-28(33)37-30)32(39-16-4-15-38(17-18-39)23-11-13-35-14-12-23)26-19-22(20-34)5-8-27(26)40(31(32)41)46(42,43)29-10-6-24(44-2)21-36-29/h5-14,19,21H,3-4,15-18H2,1-2H3. The topological polar surface area (TPSA) is 142 Å². The molecule has 6 rings (SSSR count). The normalized spacial score (nSPS) is 18.5. The number of sulfonamides is 1. The lowest BCUT2D eigenvalue weighted by molar-refractivity contribution is -0.126. The molecule has 14 heteroatoms. The molecule has 2 aliphatic rings. The van der Waals surface area contributed by atoms with Crippen molar-refractivity contribution in [3.05, 3.63) is 95.0 Å². The van der Waals surface area contributed by atoms with E-state index in [1.54, 1.807) is 37.5 Å². The number of halogens is 1. The monoisotopic (exact) mass is 659 g/mol. The summed E-state index contributed by atoms with van der Waals surface area (Å²) < 4.78 is 40.7. The molecular weight excluding hydrogens is 630 g/mol. The third kappa shape index (κ3) is 5.18. The van der Waals surface area contributed by atoms with E-state index in [0.29, 0.717) is 49.5 Å². The van der Waals surface area contributed by atoms with E-state index < -0.39 is 21.5 Å². The van der Waals surface area contributed by atoms with Gasteiger partial charge >= 0.3 is 0 Å². The molecule has 5 heterocycles. The van der Waals surface area contributed by atoms with Gasteiger partial charge in [0.05, 0.1) is 37.2 Å². The van der Waals surface area contributed by atoms with Gasteiger partial charge in [0.15, 0.2) is 10.6 Å². The van der Waals surface area contributed by atoms with Crippen LogP contribution in [0.15, 0.2) is 78.2 Å². The van der Waals surface area contributed by atoms with Crippen molar-refractivity contribution in [2.75, 3.05) is 49.1 Å². The lowest BCUT2D eigenvalue weighted by atomic mass is 9.81. The molecule has 4 aromatic rings. The number of rotatable bonds is 8. The van der Waals surface area contributed by atoms with Gasteiger partial charge in [-0.3, -0.25) is 14.7 Å². The number of carbonyl (C=O) groups is 1. The van der Waals surface area contributed by atoms with Gasteiger partial charge in [0.1, 0.15) is 10.9 Å². The largest absolute Gasteiger partial charge is 0.495 e. The van der Waals surface area contributed by atoms with Crippen molar-refractivity contribution in [3.63, 3.8) is 0 Å². The smallest absolute Gasteiger partial charge is 0.288 e. The van der Waals surface area contributed by atoms with Crippen LogP contribution < -0.4 is 18.7 Å². The fourth-order valence-corrected chi connectivity index (χ4v) is 7.68. The van der Waals surface area contributed by atoms with Gasteiger partial charge in [0, 0.05) is 55.4 Å². The molecule has 1 saturated heterocycles. The molecule has 1 fully saturated rings. The number of fused-ring (bicyclic) bond motifs is 1. The van der Waals surface area contributed by atoms with Crippen molar-refractivity contribution in [2.24, 2.45) is 0 Å². The van der Waals surface area contributed by atoms with E-state index in [1.165, 1.54) is 37.6 Å². The van der Waals surface area contributed by atoms with Crippen LogP contribution >= 0.6 is 11.6 Å². The van der Waals surface area contributed by atoms with Crippen LogP contribution in [0.1, 0.15) is 30.0 Å². The lowest BCUT2D eigenvalue weighted by Crippen LogP contribution is -2.56. The van der Waals surface area contributed by atoms with Crippen molar-refractivity contribution in [1.82, 2.24) is 19.9 Å². The zero-order valence-electron chi connectivity index (χ0n) is 25.1. The zero-order chi connectivity index (χ0) is 32.5. The SMILES string of the molecule is CCOc1nc(Cl)ccc1C1(N2CCCN(c3ccncc3)CC2)C(=O)N(S(=O)(=O)c2ccc(OC)cn2)c2ccc(C#N)cc21. The van der Waals surface area contributed by atoms with Crippen LogP contribution in [0, 0.1) is 11.3 Å². The van der Waals surface area contributed by atoms with E-state index in [1.807, 2.05) is 17.0 Å². The fourth-order valence-electron chi connectivity index (χ4n) is 6.16. The second-order valence-electron chi connectivity index (χ2n) is 10.6. The van der Waals surface area contributed by atoms with Gasteiger partial charge in [-0.05, 0) is 67.9 Å². The maximum Gasteiger partial charge on any atom is 0.288 e. The van der Waals surface area contributed by atoms with Gasteiger partial charge in [-0.25, -0.2) is 9.97 Å². The second kappa shape index (κ2) is 12.6. The first kappa shape index (κ1) is 31.2. The second-order valence-corrected chi connectivity index (χ2v) is 12.7. The van der Waals surface area contributed by atoms with Crippen molar-refractivity contribution in [3.8, 4) is 17.7 Å². The molecule has 0 saturated carbocycles. The van der Waals surface area contributed by atoms with Gasteiger partial charge in [0.25, 0.3) is 15.9 Å². The minimum absolute atomic E-state index is 0.0914. The Morgan fingerprint density at radius 2 is 1.83 bits per heavy atom. The average Bonchev–Trinajstić information content (AvgIpc) is 3.18. The molecule has 0 bridgehead atoms. The Morgan fingerprint density at radius 3 is 2.52 bits per heavy atom. The molecule has 1 unspecified atom stereocenters. The Labute approximate surface area is 271 Å². The summed E-state index contributed by atoms with van der Waals surface area (Å²) in [6.07, 6.45) is 5.37. The van der Waals surface area contributed by atoms with Crippen molar-refractivity contribution in [2.45, 2.75) is 23.9 Å². The first-order valence-electron chi connectivity index (χ1n) is 14.6. The van der Waals surface area contributed by atoms with Crippen LogP contribution in [0.5, 0.6) is 11.6 Å². The number of ether oxygens (including phenoxy) is 2. The molecule has 1 atom stereocenters. The highest BCUT2D eigenvalue weighted by molar-refractivity contribution is 7.93. The number of nitrogens with zero attached hydrogens (tertiary/aromatic N) is 7. The molecular formula is C32H30ClN7O5S. The van der Waals surface area contributed by atoms with Crippen LogP contribution in [-0.2, 0) is 20.4 Å². The Morgan fingerprint density at radius 1 is 1.02 bits per heavy atom. The number of nitriles is 1. The number of aromatic nitrogens is 3. The van der Waals surface area contributed by atoms with Gasteiger partial charge in [0.2, 0.25) is 5.88 Å². The van der Waals surface area contributed by atoms with Crippen molar-refractivity contribution >= 4 is 38.9 Å². The number of hydrogen-bond donors (Lipinski definition) is 0. The summed E-state index contributed by atoms with van der Waals surface area (Å²) >= 11 is 6.32. The number of hydrogen-bond acceptors (Lipinski definition) is 11. The van der Waals surface area contributed by atoms with Crippen LogP contribution in [0.4, 0.5) is 11.4 Å². The van der Waals surface area contributed by atoms with Gasteiger partial charge in [-0.1, -0.05) is 11.6 Å². The van der Waals surface area contributed by atoms with Gasteiger partial charge in [-0.15, -0.1) is 0 Å². The first-order chi connectivity index (χ1) is 22.2.